The standard InChI is InChI=1S/C14H13N3OS2/c1-8-12(10-5-3-4-6-11(10)16-8)13(18)9(2)20-14-17-15-7-19-14/h3-7,9,16H,1-2H3/t9-/m0/s1. The molecule has 0 aliphatic carbocycles. The van der Waals surface area contributed by atoms with Gasteiger partial charge in [0.15, 0.2) is 10.1 Å². The third-order valence-electron chi connectivity index (χ3n) is 3.13. The van der Waals surface area contributed by atoms with E-state index in [0.29, 0.717) is 0 Å². The molecule has 0 radical (unpaired) electrons. The molecule has 0 aliphatic heterocycles. The van der Waals surface area contributed by atoms with Crippen LogP contribution in [-0.2, 0) is 0 Å². The van der Waals surface area contributed by atoms with Crippen molar-refractivity contribution in [1.82, 2.24) is 15.2 Å². The van der Waals surface area contributed by atoms with Crippen molar-refractivity contribution in [2.45, 2.75) is 23.4 Å². The van der Waals surface area contributed by atoms with E-state index >= 15 is 0 Å². The second-order valence-electron chi connectivity index (χ2n) is 4.50. The number of nitrogens with one attached hydrogen (secondary N) is 1. The zero-order chi connectivity index (χ0) is 14.1. The van der Waals surface area contributed by atoms with E-state index in [1.165, 1.54) is 23.1 Å². The van der Waals surface area contributed by atoms with Crippen LogP contribution in [0.3, 0.4) is 0 Å². The van der Waals surface area contributed by atoms with Crippen molar-refractivity contribution in [2.75, 3.05) is 0 Å². The Morgan fingerprint density at radius 2 is 2.20 bits per heavy atom. The van der Waals surface area contributed by atoms with E-state index in [-0.39, 0.29) is 11.0 Å². The number of aromatic amines is 1. The summed E-state index contributed by atoms with van der Waals surface area (Å²) in [7, 11) is 0. The lowest BCUT2D eigenvalue weighted by molar-refractivity contribution is 0.0995. The number of carbonyl (C=O) groups is 1. The summed E-state index contributed by atoms with van der Waals surface area (Å²) in [4.78, 5) is 15.9. The normalized spacial score (nSPS) is 12.7. The highest BCUT2D eigenvalue weighted by Crippen LogP contribution is 2.30. The first-order chi connectivity index (χ1) is 9.66. The van der Waals surface area contributed by atoms with Gasteiger partial charge in [-0.3, -0.25) is 4.79 Å². The first kappa shape index (κ1) is 13.3. The first-order valence-electron chi connectivity index (χ1n) is 6.21. The Hall–Kier alpha value is -1.66. The molecular formula is C14H13N3OS2. The Balaban J connectivity index is 1.94. The van der Waals surface area contributed by atoms with Gasteiger partial charge in [-0.25, -0.2) is 0 Å². The lowest BCUT2D eigenvalue weighted by Crippen LogP contribution is -2.14. The topological polar surface area (TPSA) is 58.6 Å². The average molecular weight is 303 g/mol. The molecule has 102 valence electrons. The molecule has 0 amide bonds. The van der Waals surface area contributed by atoms with Crippen molar-refractivity contribution < 1.29 is 4.79 Å². The molecule has 6 heteroatoms. The molecule has 0 saturated carbocycles. The van der Waals surface area contributed by atoms with Gasteiger partial charge in [0.25, 0.3) is 0 Å². The molecule has 0 fully saturated rings. The van der Waals surface area contributed by atoms with Crippen LogP contribution in [0, 0.1) is 6.92 Å². The number of rotatable bonds is 4. The van der Waals surface area contributed by atoms with E-state index in [2.05, 4.69) is 15.2 Å². The molecule has 20 heavy (non-hydrogen) atoms. The summed E-state index contributed by atoms with van der Waals surface area (Å²) >= 11 is 2.91. The molecule has 0 aliphatic rings. The number of aromatic nitrogens is 3. The van der Waals surface area contributed by atoms with Crippen LogP contribution in [0.5, 0.6) is 0 Å². The van der Waals surface area contributed by atoms with Gasteiger partial charge in [0.1, 0.15) is 5.51 Å². The molecule has 0 bridgehead atoms. The number of thioether (sulfide) groups is 1. The number of H-pyrrole nitrogens is 1. The van der Waals surface area contributed by atoms with E-state index in [1.807, 2.05) is 38.1 Å². The van der Waals surface area contributed by atoms with Crippen LogP contribution < -0.4 is 0 Å². The highest BCUT2D eigenvalue weighted by molar-refractivity contribution is 8.02. The molecule has 1 atom stereocenters. The summed E-state index contributed by atoms with van der Waals surface area (Å²) in [6.07, 6.45) is 0. The molecular weight excluding hydrogens is 290 g/mol. The minimum atomic E-state index is -0.180. The number of aryl methyl sites for hydroxylation is 1. The van der Waals surface area contributed by atoms with Gasteiger partial charge >= 0.3 is 0 Å². The number of hydrogen-bond donors (Lipinski definition) is 1. The van der Waals surface area contributed by atoms with Crippen molar-refractivity contribution in [3.05, 3.63) is 41.0 Å². The van der Waals surface area contributed by atoms with Gasteiger partial charge in [-0.1, -0.05) is 41.3 Å². The van der Waals surface area contributed by atoms with Crippen LogP contribution in [0.25, 0.3) is 10.9 Å². The van der Waals surface area contributed by atoms with E-state index in [9.17, 15) is 4.79 Å². The zero-order valence-corrected chi connectivity index (χ0v) is 12.7. The molecule has 3 aromatic rings. The fraction of sp³-hybridized carbons (Fsp3) is 0.214. The third kappa shape index (κ3) is 2.36. The number of carbonyl (C=O) groups excluding carboxylic acids is 1. The Labute approximate surface area is 124 Å². The summed E-state index contributed by atoms with van der Waals surface area (Å²) in [5.74, 6) is 0.125. The monoisotopic (exact) mass is 303 g/mol. The van der Waals surface area contributed by atoms with Crippen LogP contribution in [0.15, 0.2) is 34.1 Å². The van der Waals surface area contributed by atoms with Crippen molar-refractivity contribution in [3.63, 3.8) is 0 Å². The predicted octanol–water partition coefficient (Wildman–Crippen LogP) is 3.69. The molecule has 0 saturated heterocycles. The Morgan fingerprint density at radius 3 is 2.95 bits per heavy atom. The van der Waals surface area contributed by atoms with Crippen LogP contribution in [0.4, 0.5) is 0 Å². The predicted molar refractivity (Wildman–Crippen MR) is 82.6 cm³/mol. The van der Waals surface area contributed by atoms with Crippen LogP contribution >= 0.6 is 23.1 Å². The number of fused-ring (bicyclic) bond motifs is 1. The summed E-state index contributed by atoms with van der Waals surface area (Å²) in [5.41, 5.74) is 4.38. The number of para-hydroxylation sites is 1. The van der Waals surface area contributed by atoms with Crippen LogP contribution in [0.1, 0.15) is 23.0 Å². The third-order valence-corrected chi connectivity index (χ3v) is 5.04. The summed E-state index contributed by atoms with van der Waals surface area (Å²) in [6.45, 7) is 3.85. The lowest BCUT2D eigenvalue weighted by Gasteiger charge is -2.08. The number of benzene rings is 1. The van der Waals surface area contributed by atoms with E-state index in [0.717, 1.165) is 26.5 Å². The minimum absolute atomic E-state index is 0.125. The largest absolute Gasteiger partial charge is 0.358 e. The van der Waals surface area contributed by atoms with Gasteiger partial charge in [-0.05, 0) is 19.9 Å². The maximum Gasteiger partial charge on any atom is 0.178 e. The van der Waals surface area contributed by atoms with E-state index < -0.39 is 0 Å². The molecule has 3 rings (SSSR count). The van der Waals surface area contributed by atoms with Gasteiger partial charge in [-0.15, -0.1) is 10.2 Å². The molecule has 1 N–H and O–H groups in total. The maximum absolute atomic E-state index is 12.7. The average Bonchev–Trinajstić information content (AvgIpc) is 3.04. The van der Waals surface area contributed by atoms with Crippen molar-refractivity contribution in [1.29, 1.82) is 0 Å². The second kappa shape index (κ2) is 5.38. The highest BCUT2D eigenvalue weighted by Gasteiger charge is 2.22. The molecule has 0 unspecified atom stereocenters. The fourth-order valence-corrected chi connectivity index (χ4v) is 3.90. The number of hydrogen-bond acceptors (Lipinski definition) is 5. The Morgan fingerprint density at radius 1 is 1.40 bits per heavy atom. The van der Waals surface area contributed by atoms with Crippen LogP contribution in [-0.4, -0.2) is 26.2 Å². The van der Waals surface area contributed by atoms with E-state index in [4.69, 9.17) is 0 Å². The van der Waals surface area contributed by atoms with Gasteiger partial charge in [0, 0.05) is 22.2 Å². The van der Waals surface area contributed by atoms with Gasteiger partial charge in [0.05, 0.1) is 5.25 Å². The maximum atomic E-state index is 12.7. The summed E-state index contributed by atoms with van der Waals surface area (Å²) in [6, 6.07) is 7.89. The minimum Gasteiger partial charge on any atom is -0.358 e. The fourth-order valence-electron chi connectivity index (χ4n) is 2.22. The Kier molecular flexibility index (Phi) is 3.58. The second-order valence-corrected chi connectivity index (χ2v) is 6.92. The quantitative estimate of drug-likeness (QED) is 0.590. The Bertz CT molecular complexity index is 749. The van der Waals surface area contributed by atoms with Gasteiger partial charge < -0.3 is 4.98 Å². The number of Topliss-reactive ketones (excluding diaryl/α,β-unsaturated/α-hetero) is 1. The number of nitrogens with zero attached hydrogens (tertiary/aromatic N) is 2. The molecule has 2 aromatic heterocycles. The first-order valence-corrected chi connectivity index (χ1v) is 7.97. The smallest absolute Gasteiger partial charge is 0.178 e. The molecule has 0 spiro atoms. The number of ketones is 1. The van der Waals surface area contributed by atoms with Crippen LogP contribution in [0.2, 0.25) is 0 Å². The molecule has 2 heterocycles. The SMILES string of the molecule is Cc1[nH]c2ccccc2c1C(=O)[C@H](C)Sc1nncs1. The van der Waals surface area contributed by atoms with Crippen molar-refractivity contribution in [2.24, 2.45) is 0 Å². The molecule has 1 aromatic carbocycles. The van der Waals surface area contributed by atoms with E-state index in [1.54, 1.807) is 5.51 Å². The summed E-state index contributed by atoms with van der Waals surface area (Å²) in [5, 5.41) is 8.58. The van der Waals surface area contributed by atoms with Gasteiger partial charge in [0.2, 0.25) is 0 Å². The molecule has 4 nitrogen and oxygen atoms in total. The summed E-state index contributed by atoms with van der Waals surface area (Å²) < 4.78 is 0.823. The van der Waals surface area contributed by atoms with Crippen molar-refractivity contribution >= 4 is 39.8 Å². The zero-order valence-electron chi connectivity index (χ0n) is 11.1. The van der Waals surface area contributed by atoms with Crippen molar-refractivity contribution in [3.8, 4) is 0 Å². The van der Waals surface area contributed by atoms with Gasteiger partial charge in [-0.2, -0.15) is 0 Å². The highest BCUT2D eigenvalue weighted by atomic mass is 32.2. The lowest BCUT2D eigenvalue weighted by atomic mass is 10.1.